The molecule has 0 amide bonds. The molecule has 0 saturated heterocycles. The van der Waals surface area contributed by atoms with E-state index in [9.17, 15) is 5.11 Å². The number of aromatic nitrogens is 1. The first-order valence-corrected chi connectivity index (χ1v) is 5.49. The molecule has 0 radical (unpaired) electrons. The summed E-state index contributed by atoms with van der Waals surface area (Å²) in [6.45, 7) is 0.234. The maximum atomic E-state index is 10.4. The fourth-order valence-corrected chi connectivity index (χ4v) is 2.23. The van der Waals surface area contributed by atoms with Gasteiger partial charge in [-0.05, 0) is 43.7 Å². The van der Waals surface area contributed by atoms with Gasteiger partial charge in [0.05, 0.1) is 5.69 Å². The zero-order valence-corrected chi connectivity index (χ0v) is 8.76. The van der Waals surface area contributed by atoms with Crippen LogP contribution in [0.3, 0.4) is 0 Å². The molecule has 0 spiro atoms. The molecule has 1 heterocycles. The standard InChI is InChI=1S/C12H17NO2/c14-9-10-4-6-12(15,7-5-10)11-3-1-2-8-13-11/h1-3,8,10,14-15H,4-7,9H2. The van der Waals surface area contributed by atoms with Crippen molar-refractivity contribution < 1.29 is 10.2 Å². The van der Waals surface area contributed by atoms with Gasteiger partial charge in [0.2, 0.25) is 0 Å². The minimum atomic E-state index is -0.771. The van der Waals surface area contributed by atoms with Gasteiger partial charge in [0.15, 0.2) is 0 Å². The van der Waals surface area contributed by atoms with Crippen LogP contribution in [0.4, 0.5) is 0 Å². The largest absolute Gasteiger partial charge is 0.396 e. The Morgan fingerprint density at radius 2 is 2.07 bits per heavy atom. The highest BCUT2D eigenvalue weighted by Gasteiger charge is 2.35. The van der Waals surface area contributed by atoms with Crippen molar-refractivity contribution in [1.29, 1.82) is 0 Å². The van der Waals surface area contributed by atoms with E-state index >= 15 is 0 Å². The summed E-state index contributed by atoms with van der Waals surface area (Å²) in [5.74, 6) is 0.356. The smallest absolute Gasteiger partial charge is 0.106 e. The second-order valence-electron chi connectivity index (χ2n) is 4.37. The molecule has 3 nitrogen and oxygen atoms in total. The average molecular weight is 207 g/mol. The molecule has 1 saturated carbocycles. The lowest BCUT2D eigenvalue weighted by molar-refractivity contribution is -0.0246. The fraction of sp³-hybridized carbons (Fsp3) is 0.583. The summed E-state index contributed by atoms with van der Waals surface area (Å²) in [6, 6.07) is 5.63. The minimum Gasteiger partial charge on any atom is -0.396 e. The molecule has 0 atom stereocenters. The Hall–Kier alpha value is -0.930. The molecule has 1 aromatic heterocycles. The van der Waals surface area contributed by atoms with Gasteiger partial charge in [0, 0.05) is 12.8 Å². The van der Waals surface area contributed by atoms with Gasteiger partial charge >= 0.3 is 0 Å². The van der Waals surface area contributed by atoms with E-state index in [4.69, 9.17) is 5.11 Å². The molecule has 0 aromatic carbocycles. The van der Waals surface area contributed by atoms with Gasteiger partial charge in [-0.1, -0.05) is 6.07 Å². The van der Waals surface area contributed by atoms with Gasteiger partial charge in [-0.15, -0.1) is 0 Å². The third kappa shape index (κ3) is 2.19. The van der Waals surface area contributed by atoms with E-state index in [0.717, 1.165) is 18.5 Å². The van der Waals surface area contributed by atoms with Crippen LogP contribution in [0.2, 0.25) is 0 Å². The number of aliphatic hydroxyl groups is 2. The summed E-state index contributed by atoms with van der Waals surface area (Å²) in [4.78, 5) is 4.21. The van der Waals surface area contributed by atoms with E-state index in [0.29, 0.717) is 18.8 Å². The van der Waals surface area contributed by atoms with Crippen molar-refractivity contribution in [2.45, 2.75) is 31.3 Å². The predicted octanol–water partition coefficient (Wildman–Crippen LogP) is 1.45. The van der Waals surface area contributed by atoms with Crippen LogP contribution in [0.1, 0.15) is 31.4 Å². The van der Waals surface area contributed by atoms with E-state index < -0.39 is 5.60 Å². The zero-order valence-electron chi connectivity index (χ0n) is 8.76. The predicted molar refractivity (Wildman–Crippen MR) is 57.2 cm³/mol. The summed E-state index contributed by atoms with van der Waals surface area (Å²) in [5, 5.41) is 19.4. The molecular formula is C12H17NO2. The van der Waals surface area contributed by atoms with Crippen LogP contribution in [-0.2, 0) is 5.60 Å². The van der Waals surface area contributed by atoms with Gasteiger partial charge in [-0.2, -0.15) is 0 Å². The van der Waals surface area contributed by atoms with Crippen molar-refractivity contribution in [1.82, 2.24) is 4.98 Å². The van der Waals surface area contributed by atoms with Crippen molar-refractivity contribution in [2.24, 2.45) is 5.92 Å². The van der Waals surface area contributed by atoms with Crippen molar-refractivity contribution >= 4 is 0 Å². The summed E-state index contributed by atoms with van der Waals surface area (Å²) >= 11 is 0. The molecule has 1 fully saturated rings. The van der Waals surface area contributed by atoms with Crippen LogP contribution in [0.25, 0.3) is 0 Å². The van der Waals surface area contributed by atoms with Crippen LogP contribution in [-0.4, -0.2) is 21.8 Å². The summed E-state index contributed by atoms with van der Waals surface area (Å²) in [7, 11) is 0. The highest BCUT2D eigenvalue weighted by atomic mass is 16.3. The number of aliphatic hydroxyl groups excluding tert-OH is 1. The summed E-state index contributed by atoms with van der Waals surface area (Å²) in [5.41, 5.74) is -0.00573. The molecule has 1 aliphatic carbocycles. The van der Waals surface area contributed by atoms with Crippen molar-refractivity contribution in [2.75, 3.05) is 6.61 Å². The number of pyridine rings is 1. The highest BCUT2D eigenvalue weighted by Crippen LogP contribution is 2.38. The third-order valence-electron chi connectivity index (χ3n) is 3.33. The Labute approximate surface area is 89.8 Å². The number of hydrogen-bond acceptors (Lipinski definition) is 3. The maximum absolute atomic E-state index is 10.4. The van der Waals surface area contributed by atoms with Crippen LogP contribution < -0.4 is 0 Å². The van der Waals surface area contributed by atoms with Gasteiger partial charge in [0.25, 0.3) is 0 Å². The fourth-order valence-electron chi connectivity index (χ4n) is 2.23. The van der Waals surface area contributed by atoms with Gasteiger partial charge in [-0.3, -0.25) is 4.98 Å². The molecule has 0 bridgehead atoms. The SMILES string of the molecule is OCC1CCC(O)(c2ccccn2)CC1. The number of nitrogens with zero attached hydrogens (tertiary/aromatic N) is 1. The van der Waals surface area contributed by atoms with Gasteiger partial charge in [0.1, 0.15) is 5.60 Å². The van der Waals surface area contributed by atoms with Crippen molar-refractivity contribution in [3.05, 3.63) is 30.1 Å². The van der Waals surface area contributed by atoms with Crippen LogP contribution in [0, 0.1) is 5.92 Å². The minimum absolute atomic E-state index is 0.234. The number of hydrogen-bond donors (Lipinski definition) is 2. The van der Waals surface area contributed by atoms with Gasteiger partial charge < -0.3 is 10.2 Å². The van der Waals surface area contributed by atoms with E-state index in [1.807, 2.05) is 18.2 Å². The molecule has 1 aromatic rings. The first-order valence-electron chi connectivity index (χ1n) is 5.49. The topological polar surface area (TPSA) is 53.4 Å². The monoisotopic (exact) mass is 207 g/mol. The van der Waals surface area contributed by atoms with Crippen LogP contribution >= 0.6 is 0 Å². The highest BCUT2D eigenvalue weighted by molar-refractivity contribution is 5.13. The lowest BCUT2D eigenvalue weighted by atomic mass is 9.77. The molecule has 0 unspecified atom stereocenters. The number of rotatable bonds is 2. The molecule has 82 valence electrons. The molecule has 1 aliphatic rings. The molecule has 2 N–H and O–H groups in total. The quantitative estimate of drug-likeness (QED) is 0.771. The lowest BCUT2D eigenvalue weighted by Gasteiger charge is -2.34. The van der Waals surface area contributed by atoms with E-state index in [1.54, 1.807) is 6.20 Å². The first kappa shape index (κ1) is 10.6. The lowest BCUT2D eigenvalue weighted by Crippen LogP contribution is -2.33. The Balaban J connectivity index is 2.10. The van der Waals surface area contributed by atoms with Crippen LogP contribution in [0.15, 0.2) is 24.4 Å². The van der Waals surface area contributed by atoms with Crippen molar-refractivity contribution in [3.8, 4) is 0 Å². The molecule has 15 heavy (non-hydrogen) atoms. The molecule has 3 heteroatoms. The second-order valence-corrected chi connectivity index (χ2v) is 4.37. The Bertz CT molecular complexity index is 305. The molecule has 0 aliphatic heterocycles. The van der Waals surface area contributed by atoms with E-state index in [-0.39, 0.29) is 6.61 Å². The Morgan fingerprint density at radius 1 is 1.33 bits per heavy atom. The first-order chi connectivity index (χ1) is 7.24. The van der Waals surface area contributed by atoms with Crippen LogP contribution in [0.5, 0.6) is 0 Å². The normalized spacial score (nSPS) is 31.5. The second kappa shape index (κ2) is 4.29. The average Bonchev–Trinajstić information content (AvgIpc) is 2.31. The maximum Gasteiger partial charge on any atom is 0.106 e. The Morgan fingerprint density at radius 3 is 2.60 bits per heavy atom. The third-order valence-corrected chi connectivity index (χ3v) is 3.33. The van der Waals surface area contributed by atoms with Gasteiger partial charge in [-0.25, -0.2) is 0 Å². The van der Waals surface area contributed by atoms with E-state index in [1.165, 1.54) is 0 Å². The molecule has 2 rings (SSSR count). The van der Waals surface area contributed by atoms with Crippen molar-refractivity contribution in [3.63, 3.8) is 0 Å². The zero-order chi connectivity index (χ0) is 10.7. The summed E-state index contributed by atoms with van der Waals surface area (Å²) < 4.78 is 0. The van der Waals surface area contributed by atoms with E-state index in [2.05, 4.69) is 4.98 Å². The summed E-state index contributed by atoms with van der Waals surface area (Å²) in [6.07, 6.45) is 4.88. The molecular weight excluding hydrogens is 190 g/mol. The Kier molecular flexibility index (Phi) is 3.03.